The lowest BCUT2D eigenvalue weighted by Crippen LogP contribution is -2.39. The van der Waals surface area contributed by atoms with E-state index < -0.39 is 0 Å². The highest BCUT2D eigenvalue weighted by molar-refractivity contribution is 5.76. The van der Waals surface area contributed by atoms with Gasteiger partial charge in [0.2, 0.25) is 0 Å². The summed E-state index contributed by atoms with van der Waals surface area (Å²) in [4.78, 5) is 12.4. The number of hydrogen-bond acceptors (Lipinski definition) is 1. The molecule has 1 N–H and O–H groups in total. The Morgan fingerprint density at radius 3 is 2.45 bits per heavy atom. The molecule has 0 aliphatic carbocycles. The van der Waals surface area contributed by atoms with Crippen LogP contribution in [0.25, 0.3) is 0 Å². The van der Waals surface area contributed by atoms with Gasteiger partial charge in [-0.3, -0.25) is 0 Å². The van der Waals surface area contributed by atoms with E-state index in [1.165, 1.54) is 0 Å². The van der Waals surface area contributed by atoms with Crippen molar-refractivity contribution in [2.45, 2.75) is 20.8 Å². The molecule has 0 saturated carbocycles. The van der Waals surface area contributed by atoms with Gasteiger partial charge in [-0.05, 0) is 13.0 Å². The van der Waals surface area contributed by atoms with Crippen LogP contribution < -0.4 is 5.32 Å². The van der Waals surface area contributed by atoms with E-state index in [-0.39, 0.29) is 6.03 Å². The molecule has 1 heterocycles. The molecule has 0 aromatic heterocycles. The molecule has 0 radical (unpaired) electrons. The van der Waals surface area contributed by atoms with Gasteiger partial charge in [-0.1, -0.05) is 13.8 Å². The summed E-state index contributed by atoms with van der Waals surface area (Å²) in [5, 5.41) is 2.67. The monoisotopic (exact) mass is 156 g/mol. The van der Waals surface area contributed by atoms with Crippen LogP contribution >= 0.6 is 0 Å². The summed E-state index contributed by atoms with van der Waals surface area (Å²) in [5.74, 6) is 0. The third-order valence-electron chi connectivity index (χ3n) is 1.48. The highest BCUT2D eigenvalue weighted by Gasteiger charge is 2.11. The second-order valence-corrected chi connectivity index (χ2v) is 2.09. The summed E-state index contributed by atoms with van der Waals surface area (Å²) < 4.78 is 0. The summed E-state index contributed by atoms with van der Waals surface area (Å²) in [6.07, 6.45) is 1.97. The standard InChI is InChI=1S/C6H10N2O.C2H6/c1-5-3-4-7-6(9)8(5)2;1-2/h3H,4H2,1-2H3,(H,7,9);1-2H3. The van der Waals surface area contributed by atoms with Crippen LogP contribution in [0.2, 0.25) is 0 Å². The van der Waals surface area contributed by atoms with E-state index in [0.29, 0.717) is 6.54 Å². The number of nitrogens with one attached hydrogen (secondary N) is 1. The van der Waals surface area contributed by atoms with Gasteiger partial charge in [0.25, 0.3) is 0 Å². The molecule has 1 aliphatic rings. The zero-order chi connectivity index (χ0) is 8.85. The van der Waals surface area contributed by atoms with Gasteiger partial charge in [0, 0.05) is 19.3 Å². The molecular weight excluding hydrogens is 140 g/mol. The SMILES string of the molecule is CC.CC1=CCNC(=O)N1C. The maximum absolute atomic E-state index is 10.8. The number of rotatable bonds is 0. The summed E-state index contributed by atoms with van der Waals surface area (Å²) in [6.45, 7) is 6.58. The first-order valence-corrected chi connectivity index (χ1v) is 3.90. The van der Waals surface area contributed by atoms with Gasteiger partial charge in [0.1, 0.15) is 0 Å². The smallest absolute Gasteiger partial charge is 0.321 e. The first-order valence-electron chi connectivity index (χ1n) is 3.90. The van der Waals surface area contributed by atoms with Crippen molar-refractivity contribution in [2.75, 3.05) is 13.6 Å². The van der Waals surface area contributed by atoms with Gasteiger partial charge >= 0.3 is 6.03 Å². The first kappa shape index (κ1) is 10.0. The Morgan fingerprint density at radius 1 is 1.55 bits per heavy atom. The lowest BCUT2D eigenvalue weighted by molar-refractivity contribution is 0.217. The molecular formula is C8H16N2O. The second kappa shape index (κ2) is 4.77. The third-order valence-corrected chi connectivity index (χ3v) is 1.48. The first-order chi connectivity index (χ1) is 5.22. The minimum Gasteiger partial charge on any atom is -0.334 e. The molecule has 0 saturated heterocycles. The molecule has 1 aliphatic heterocycles. The fourth-order valence-electron chi connectivity index (χ4n) is 0.702. The summed E-state index contributed by atoms with van der Waals surface area (Å²) in [7, 11) is 1.75. The molecule has 64 valence electrons. The van der Waals surface area contributed by atoms with Crippen molar-refractivity contribution in [2.24, 2.45) is 0 Å². The van der Waals surface area contributed by atoms with E-state index in [1.807, 2.05) is 26.8 Å². The van der Waals surface area contributed by atoms with E-state index in [2.05, 4.69) is 5.32 Å². The van der Waals surface area contributed by atoms with Crippen molar-refractivity contribution < 1.29 is 4.79 Å². The number of nitrogens with zero attached hydrogens (tertiary/aromatic N) is 1. The molecule has 0 bridgehead atoms. The molecule has 0 aromatic rings. The molecule has 0 aromatic carbocycles. The Labute approximate surface area is 68.1 Å². The van der Waals surface area contributed by atoms with Gasteiger partial charge in [0.15, 0.2) is 0 Å². The highest BCUT2D eigenvalue weighted by atomic mass is 16.2. The topological polar surface area (TPSA) is 32.3 Å². The quantitative estimate of drug-likeness (QED) is 0.567. The Hall–Kier alpha value is -0.990. The van der Waals surface area contributed by atoms with Crippen LogP contribution in [-0.2, 0) is 0 Å². The minimum absolute atomic E-state index is 0.0185. The van der Waals surface area contributed by atoms with Crippen LogP contribution in [0.3, 0.4) is 0 Å². The highest BCUT2D eigenvalue weighted by Crippen LogP contribution is 2.02. The van der Waals surface area contributed by atoms with Crippen LogP contribution in [0.15, 0.2) is 11.8 Å². The Bertz CT molecular complexity index is 163. The molecule has 0 atom stereocenters. The van der Waals surface area contributed by atoms with E-state index in [4.69, 9.17) is 0 Å². The predicted molar refractivity (Wildman–Crippen MR) is 46.3 cm³/mol. The Balaban J connectivity index is 0.000000461. The van der Waals surface area contributed by atoms with E-state index in [0.717, 1.165) is 5.70 Å². The van der Waals surface area contributed by atoms with Crippen LogP contribution in [0, 0.1) is 0 Å². The lowest BCUT2D eigenvalue weighted by Gasteiger charge is -2.22. The van der Waals surface area contributed by atoms with Gasteiger partial charge in [-0.15, -0.1) is 0 Å². The Morgan fingerprint density at radius 2 is 2.09 bits per heavy atom. The normalized spacial score (nSPS) is 16.2. The van der Waals surface area contributed by atoms with Crippen LogP contribution in [-0.4, -0.2) is 24.5 Å². The maximum Gasteiger partial charge on any atom is 0.321 e. The number of carbonyl (C=O) groups is 1. The zero-order valence-corrected chi connectivity index (χ0v) is 7.64. The van der Waals surface area contributed by atoms with E-state index in [1.54, 1.807) is 11.9 Å². The van der Waals surface area contributed by atoms with E-state index >= 15 is 0 Å². The van der Waals surface area contributed by atoms with Crippen molar-refractivity contribution in [1.29, 1.82) is 0 Å². The minimum atomic E-state index is -0.0185. The number of amides is 2. The molecule has 0 fully saturated rings. The average Bonchev–Trinajstić information content (AvgIpc) is 2.04. The molecule has 1 rings (SSSR count). The summed E-state index contributed by atoms with van der Waals surface area (Å²) in [6, 6.07) is -0.0185. The van der Waals surface area contributed by atoms with Gasteiger partial charge in [0.05, 0.1) is 0 Å². The molecule has 3 nitrogen and oxygen atoms in total. The van der Waals surface area contributed by atoms with Gasteiger partial charge in [-0.25, -0.2) is 4.79 Å². The molecule has 11 heavy (non-hydrogen) atoms. The Kier molecular flexibility index (Phi) is 4.34. The van der Waals surface area contributed by atoms with E-state index in [9.17, 15) is 4.79 Å². The van der Waals surface area contributed by atoms with Crippen LogP contribution in [0.1, 0.15) is 20.8 Å². The molecule has 3 heteroatoms. The lowest BCUT2D eigenvalue weighted by atomic mass is 10.3. The maximum atomic E-state index is 10.8. The summed E-state index contributed by atoms with van der Waals surface area (Å²) in [5.41, 5.74) is 1.01. The fraction of sp³-hybridized carbons (Fsp3) is 0.625. The molecule has 0 unspecified atom stereocenters. The predicted octanol–water partition coefficient (Wildman–Crippen LogP) is 1.57. The van der Waals surface area contributed by atoms with Crippen molar-refractivity contribution in [1.82, 2.24) is 10.2 Å². The molecule has 2 amide bonds. The van der Waals surface area contributed by atoms with Crippen molar-refractivity contribution in [3.63, 3.8) is 0 Å². The van der Waals surface area contributed by atoms with Crippen molar-refractivity contribution >= 4 is 6.03 Å². The largest absolute Gasteiger partial charge is 0.334 e. The third kappa shape index (κ3) is 2.62. The zero-order valence-electron chi connectivity index (χ0n) is 7.64. The number of urea groups is 1. The van der Waals surface area contributed by atoms with Crippen molar-refractivity contribution in [3.8, 4) is 0 Å². The van der Waals surface area contributed by atoms with Gasteiger partial charge < -0.3 is 10.2 Å². The van der Waals surface area contributed by atoms with Crippen molar-refractivity contribution in [3.05, 3.63) is 11.8 Å². The number of carbonyl (C=O) groups excluding carboxylic acids is 1. The number of hydrogen-bond donors (Lipinski definition) is 1. The van der Waals surface area contributed by atoms with Crippen LogP contribution in [0.5, 0.6) is 0 Å². The number of allylic oxidation sites excluding steroid dienone is 1. The fourth-order valence-corrected chi connectivity index (χ4v) is 0.702. The van der Waals surface area contributed by atoms with Crippen LogP contribution in [0.4, 0.5) is 4.79 Å². The summed E-state index contributed by atoms with van der Waals surface area (Å²) >= 11 is 0. The molecule has 0 spiro atoms. The average molecular weight is 156 g/mol. The second-order valence-electron chi connectivity index (χ2n) is 2.09. The van der Waals surface area contributed by atoms with Gasteiger partial charge in [-0.2, -0.15) is 0 Å².